The number of aliphatic carboxylic acids is 1. The Labute approximate surface area is 93.9 Å². The van der Waals surface area contributed by atoms with E-state index in [4.69, 9.17) is 14.6 Å². The zero-order valence-corrected chi connectivity index (χ0v) is 9.27. The molecule has 2 atom stereocenters. The molecule has 92 valence electrons. The molecule has 1 amide bonds. The zero-order chi connectivity index (χ0) is 12.0. The van der Waals surface area contributed by atoms with E-state index in [1.807, 2.05) is 0 Å². The largest absolute Gasteiger partial charge is 0.481 e. The molecule has 0 aromatic heterocycles. The fourth-order valence-corrected chi connectivity index (χ4v) is 1.55. The number of nitrogens with one attached hydrogen (secondary N) is 1. The topological polar surface area (TPSA) is 84.9 Å². The van der Waals surface area contributed by atoms with Crippen molar-refractivity contribution in [3.63, 3.8) is 0 Å². The van der Waals surface area contributed by atoms with E-state index in [1.165, 1.54) is 7.11 Å². The van der Waals surface area contributed by atoms with Crippen molar-refractivity contribution >= 4 is 11.9 Å². The van der Waals surface area contributed by atoms with Crippen LogP contribution in [0.4, 0.5) is 0 Å². The molecule has 1 saturated heterocycles. The molecule has 16 heavy (non-hydrogen) atoms. The number of hydrogen-bond donors (Lipinski definition) is 2. The average molecular weight is 231 g/mol. The van der Waals surface area contributed by atoms with Gasteiger partial charge in [0.1, 0.15) is 6.10 Å². The third kappa shape index (κ3) is 4.16. The zero-order valence-electron chi connectivity index (χ0n) is 9.27. The highest BCUT2D eigenvalue weighted by molar-refractivity contribution is 5.81. The lowest BCUT2D eigenvalue weighted by Crippen LogP contribution is -2.40. The molecular weight excluding hydrogens is 214 g/mol. The number of amides is 1. The minimum Gasteiger partial charge on any atom is -0.481 e. The van der Waals surface area contributed by atoms with Crippen LogP contribution in [0, 0.1) is 0 Å². The Morgan fingerprint density at radius 2 is 2.38 bits per heavy atom. The molecule has 0 aromatic rings. The SMILES string of the molecule is COC(CNC(=O)[C@H]1CCCO1)CC(=O)O. The van der Waals surface area contributed by atoms with Crippen LogP contribution < -0.4 is 5.32 Å². The summed E-state index contributed by atoms with van der Waals surface area (Å²) in [5, 5.41) is 11.2. The van der Waals surface area contributed by atoms with Gasteiger partial charge in [-0.25, -0.2) is 0 Å². The Bertz CT molecular complexity index is 250. The van der Waals surface area contributed by atoms with Crippen LogP contribution in [0.15, 0.2) is 0 Å². The first kappa shape index (κ1) is 12.9. The molecule has 1 heterocycles. The lowest BCUT2D eigenvalue weighted by Gasteiger charge is -2.15. The summed E-state index contributed by atoms with van der Waals surface area (Å²) >= 11 is 0. The van der Waals surface area contributed by atoms with Crippen LogP contribution in [0.3, 0.4) is 0 Å². The molecule has 0 aliphatic carbocycles. The number of carbonyl (C=O) groups excluding carboxylic acids is 1. The van der Waals surface area contributed by atoms with Crippen LogP contribution in [0.2, 0.25) is 0 Å². The number of rotatable bonds is 6. The summed E-state index contributed by atoms with van der Waals surface area (Å²) in [6.45, 7) is 0.808. The second-order valence-corrected chi connectivity index (χ2v) is 3.70. The predicted octanol–water partition coefficient (Wildman–Crippen LogP) is -0.229. The minimum absolute atomic E-state index is 0.123. The van der Waals surface area contributed by atoms with E-state index in [9.17, 15) is 9.59 Å². The van der Waals surface area contributed by atoms with Crippen molar-refractivity contribution in [2.75, 3.05) is 20.3 Å². The van der Waals surface area contributed by atoms with E-state index in [1.54, 1.807) is 0 Å². The molecule has 1 rings (SSSR count). The lowest BCUT2D eigenvalue weighted by atomic mass is 10.2. The summed E-state index contributed by atoms with van der Waals surface area (Å²) in [6, 6.07) is 0. The molecular formula is C10H17NO5. The van der Waals surface area contributed by atoms with Crippen molar-refractivity contribution in [2.45, 2.75) is 31.5 Å². The van der Waals surface area contributed by atoms with Gasteiger partial charge >= 0.3 is 5.97 Å². The summed E-state index contributed by atoms with van der Waals surface area (Å²) in [5.74, 6) is -1.14. The summed E-state index contributed by atoms with van der Waals surface area (Å²) < 4.78 is 10.1. The summed E-state index contributed by atoms with van der Waals surface area (Å²) in [4.78, 5) is 22.0. The highest BCUT2D eigenvalue weighted by Crippen LogP contribution is 2.11. The van der Waals surface area contributed by atoms with Crippen LogP contribution in [0.1, 0.15) is 19.3 Å². The lowest BCUT2D eigenvalue weighted by molar-refractivity contribution is -0.140. The normalized spacial score (nSPS) is 21.7. The number of methoxy groups -OCH3 is 1. The van der Waals surface area contributed by atoms with Crippen molar-refractivity contribution < 1.29 is 24.2 Å². The maximum atomic E-state index is 11.5. The van der Waals surface area contributed by atoms with Crippen molar-refractivity contribution in [3.05, 3.63) is 0 Å². The average Bonchev–Trinajstić information content (AvgIpc) is 2.76. The molecule has 1 fully saturated rings. The molecule has 0 saturated carbocycles. The maximum Gasteiger partial charge on any atom is 0.306 e. The summed E-state index contributed by atoms with van der Waals surface area (Å²) in [7, 11) is 1.42. The van der Waals surface area contributed by atoms with Crippen molar-refractivity contribution in [1.82, 2.24) is 5.32 Å². The predicted molar refractivity (Wildman–Crippen MR) is 55.0 cm³/mol. The third-order valence-corrected chi connectivity index (χ3v) is 2.46. The number of carbonyl (C=O) groups is 2. The van der Waals surface area contributed by atoms with Gasteiger partial charge in [0, 0.05) is 20.3 Å². The summed E-state index contributed by atoms with van der Waals surface area (Å²) in [6.07, 6.45) is 0.608. The van der Waals surface area contributed by atoms with Gasteiger partial charge in [0.25, 0.3) is 0 Å². The van der Waals surface area contributed by atoms with E-state index in [2.05, 4.69) is 5.32 Å². The number of hydrogen-bond acceptors (Lipinski definition) is 4. The first-order valence-electron chi connectivity index (χ1n) is 5.27. The van der Waals surface area contributed by atoms with Crippen LogP contribution in [0.25, 0.3) is 0 Å². The first-order valence-corrected chi connectivity index (χ1v) is 5.27. The molecule has 0 spiro atoms. The fourth-order valence-electron chi connectivity index (χ4n) is 1.55. The van der Waals surface area contributed by atoms with Gasteiger partial charge in [0.2, 0.25) is 5.91 Å². The molecule has 1 unspecified atom stereocenters. The van der Waals surface area contributed by atoms with Crippen LogP contribution >= 0.6 is 0 Å². The quantitative estimate of drug-likeness (QED) is 0.659. The fraction of sp³-hybridized carbons (Fsp3) is 0.800. The van der Waals surface area contributed by atoms with E-state index >= 15 is 0 Å². The van der Waals surface area contributed by atoms with E-state index < -0.39 is 12.1 Å². The monoisotopic (exact) mass is 231 g/mol. The van der Waals surface area contributed by atoms with Gasteiger partial charge in [-0.1, -0.05) is 0 Å². The molecule has 1 aliphatic rings. The van der Waals surface area contributed by atoms with Crippen molar-refractivity contribution in [1.29, 1.82) is 0 Å². The smallest absolute Gasteiger partial charge is 0.306 e. The Hall–Kier alpha value is -1.14. The highest BCUT2D eigenvalue weighted by Gasteiger charge is 2.24. The number of ether oxygens (including phenoxy) is 2. The van der Waals surface area contributed by atoms with E-state index in [-0.39, 0.29) is 25.0 Å². The van der Waals surface area contributed by atoms with Gasteiger partial charge in [-0.05, 0) is 12.8 Å². The molecule has 0 radical (unpaired) electrons. The molecule has 2 N–H and O–H groups in total. The maximum absolute atomic E-state index is 11.5. The van der Waals surface area contributed by atoms with Gasteiger partial charge in [-0.3, -0.25) is 9.59 Å². The Morgan fingerprint density at radius 3 is 2.88 bits per heavy atom. The van der Waals surface area contributed by atoms with Gasteiger partial charge < -0.3 is 19.9 Å². The van der Waals surface area contributed by atoms with Crippen LogP contribution in [-0.2, 0) is 19.1 Å². The van der Waals surface area contributed by atoms with Crippen molar-refractivity contribution in [2.24, 2.45) is 0 Å². The summed E-state index contributed by atoms with van der Waals surface area (Å²) in [5.41, 5.74) is 0. The second kappa shape index (κ2) is 6.44. The number of carboxylic acid groups (broad SMARTS) is 1. The molecule has 1 aliphatic heterocycles. The molecule has 6 heteroatoms. The molecule has 0 aromatic carbocycles. The van der Waals surface area contributed by atoms with Gasteiger partial charge in [-0.2, -0.15) is 0 Å². The minimum atomic E-state index is -0.946. The Kier molecular flexibility index (Phi) is 5.21. The standard InChI is InChI=1S/C10H17NO5/c1-15-7(5-9(12)13)6-11-10(14)8-3-2-4-16-8/h7-8H,2-6H2,1H3,(H,11,14)(H,12,13)/t7?,8-/m1/s1. The Balaban J connectivity index is 2.25. The number of carboxylic acids is 1. The van der Waals surface area contributed by atoms with E-state index in [0.29, 0.717) is 6.61 Å². The van der Waals surface area contributed by atoms with Gasteiger partial charge in [0.05, 0.1) is 12.5 Å². The molecule has 0 bridgehead atoms. The van der Waals surface area contributed by atoms with Gasteiger partial charge in [-0.15, -0.1) is 0 Å². The van der Waals surface area contributed by atoms with Crippen LogP contribution in [0.5, 0.6) is 0 Å². The Morgan fingerprint density at radius 1 is 1.62 bits per heavy atom. The third-order valence-electron chi connectivity index (χ3n) is 2.46. The second-order valence-electron chi connectivity index (χ2n) is 3.70. The van der Waals surface area contributed by atoms with Crippen LogP contribution in [-0.4, -0.2) is 49.5 Å². The van der Waals surface area contributed by atoms with Crippen molar-refractivity contribution in [3.8, 4) is 0 Å². The van der Waals surface area contributed by atoms with Gasteiger partial charge in [0.15, 0.2) is 0 Å². The highest BCUT2D eigenvalue weighted by atomic mass is 16.5. The molecule has 6 nitrogen and oxygen atoms in total. The first-order chi connectivity index (χ1) is 7.63. The van der Waals surface area contributed by atoms with E-state index in [0.717, 1.165) is 12.8 Å².